The third kappa shape index (κ3) is 2.73. The van der Waals surface area contributed by atoms with Crippen molar-refractivity contribution in [1.29, 1.82) is 0 Å². The molecule has 0 radical (unpaired) electrons. The van der Waals surface area contributed by atoms with Gasteiger partial charge in [0.05, 0.1) is 5.69 Å². The Kier molecular flexibility index (Phi) is 4.16. The molecule has 1 fully saturated rings. The minimum atomic E-state index is 0.630. The maximum atomic E-state index is 4.30. The van der Waals surface area contributed by atoms with E-state index in [1.807, 2.05) is 13.0 Å². The Morgan fingerprint density at radius 1 is 1.38 bits per heavy atom. The predicted octanol–water partition coefficient (Wildman–Crippen LogP) is 2.93. The second-order valence-corrected chi connectivity index (χ2v) is 5.15. The highest BCUT2D eigenvalue weighted by Gasteiger charge is 2.22. The Morgan fingerprint density at radius 2 is 2.25 bits per heavy atom. The van der Waals surface area contributed by atoms with Crippen molar-refractivity contribution in [2.45, 2.75) is 38.6 Å². The van der Waals surface area contributed by atoms with E-state index >= 15 is 0 Å². The van der Waals surface area contributed by atoms with Crippen molar-refractivity contribution in [1.82, 2.24) is 10.2 Å². The number of aromatic nitrogens is 2. The largest absolute Gasteiger partial charge is 0.352 e. The molecule has 1 aliphatic heterocycles. The minimum absolute atomic E-state index is 0.630. The summed E-state index contributed by atoms with van der Waals surface area (Å²) in [5.74, 6) is 1.04. The fourth-order valence-corrected chi connectivity index (χ4v) is 2.80. The van der Waals surface area contributed by atoms with Crippen LogP contribution < -0.4 is 4.90 Å². The summed E-state index contributed by atoms with van der Waals surface area (Å²) in [6, 6.07) is 4.77. The van der Waals surface area contributed by atoms with Gasteiger partial charge in [-0.25, -0.2) is 0 Å². The van der Waals surface area contributed by atoms with Crippen molar-refractivity contribution in [2.75, 3.05) is 16.8 Å². The van der Waals surface area contributed by atoms with Crippen LogP contribution in [-0.2, 0) is 0 Å². The molecule has 88 valence electrons. The fraction of sp³-hybridized carbons (Fsp3) is 0.667. The van der Waals surface area contributed by atoms with Gasteiger partial charge in [0.2, 0.25) is 0 Å². The van der Waals surface area contributed by atoms with Gasteiger partial charge in [0, 0.05) is 17.9 Å². The van der Waals surface area contributed by atoms with Gasteiger partial charge in [-0.15, -0.1) is 5.10 Å². The summed E-state index contributed by atoms with van der Waals surface area (Å²) in [6.45, 7) is 3.10. The molecule has 0 bridgehead atoms. The molecule has 0 N–H and O–H groups in total. The molecule has 1 aromatic rings. The molecule has 2 heterocycles. The van der Waals surface area contributed by atoms with Crippen LogP contribution in [0.3, 0.4) is 0 Å². The first-order chi connectivity index (χ1) is 7.81. The zero-order chi connectivity index (χ0) is 11.4. The number of anilines is 1. The standard InChI is InChI=1S/C12H18BrN3/c1-10-5-6-12(15-14-10)16-9-3-2-4-11(16)7-8-13/h5-6,11H,2-4,7-9H2,1H3. The summed E-state index contributed by atoms with van der Waals surface area (Å²) in [4.78, 5) is 2.41. The van der Waals surface area contributed by atoms with Gasteiger partial charge in [-0.1, -0.05) is 15.9 Å². The lowest BCUT2D eigenvalue weighted by molar-refractivity contribution is 0.448. The monoisotopic (exact) mass is 283 g/mol. The highest BCUT2D eigenvalue weighted by Crippen LogP contribution is 2.24. The van der Waals surface area contributed by atoms with Crippen molar-refractivity contribution in [3.8, 4) is 0 Å². The quantitative estimate of drug-likeness (QED) is 0.799. The van der Waals surface area contributed by atoms with E-state index in [0.717, 1.165) is 23.4 Å². The van der Waals surface area contributed by atoms with Crippen LogP contribution in [0, 0.1) is 6.92 Å². The summed E-state index contributed by atoms with van der Waals surface area (Å²) >= 11 is 3.53. The number of piperidine rings is 1. The normalized spacial score (nSPS) is 21.1. The van der Waals surface area contributed by atoms with E-state index in [1.54, 1.807) is 0 Å². The SMILES string of the molecule is Cc1ccc(N2CCCCC2CCBr)nn1. The van der Waals surface area contributed by atoms with Crippen molar-refractivity contribution >= 4 is 21.7 Å². The smallest absolute Gasteiger partial charge is 0.151 e. The van der Waals surface area contributed by atoms with Gasteiger partial charge in [0.15, 0.2) is 5.82 Å². The van der Waals surface area contributed by atoms with Gasteiger partial charge in [0.1, 0.15) is 0 Å². The summed E-state index contributed by atoms with van der Waals surface area (Å²) in [5.41, 5.74) is 0.984. The van der Waals surface area contributed by atoms with E-state index < -0.39 is 0 Å². The molecular weight excluding hydrogens is 266 g/mol. The molecule has 2 rings (SSSR count). The van der Waals surface area contributed by atoms with Crippen molar-refractivity contribution in [3.05, 3.63) is 17.8 Å². The first kappa shape index (κ1) is 11.8. The fourth-order valence-electron chi connectivity index (χ4n) is 2.27. The minimum Gasteiger partial charge on any atom is -0.352 e. The van der Waals surface area contributed by atoms with Crippen molar-refractivity contribution < 1.29 is 0 Å². The Hall–Kier alpha value is -0.640. The lowest BCUT2D eigenvalue weighted by atomic mass is 10.00. The van der Waals surface area contributed by atoms with Gasteiger partial charge >= 0.3 is 0 Å². The zero-order valence-corrected chi connectivity index (χ0v) is 11.3. The van der Waals surface area contributed by atoms with E-state index in [0.29, 0.717) is 6.04 Å². The van der Waals surface area contributed by atoms with E-state index in [4.69, 9.17) is 0 Å². The number of hydrogen-bond donors (Lipinski definition) is 0. The van der Waals surface area contributed by atoms with Crippen LogP contribution in [0.4, 0.5) is 5.82 Å². The molecule has 1 aliphatic rings. The maximum absolute atomic E-state index is 4.30. The van der Waals surface area contributed by atoms with Gasteiger partial charge in [-0.3, -0.25) is 0 Å². The van der Waals surface area contributed by atoms with Crippen LogP contribution in [0.1, 0.15) is 31.4 Å². The lowest BCUT2D eigenvalue weighted by Crippen LogP contribution is -2.40. The lowest BCUT2D eigenvalue weighted by Gasteiger charge is -2.36. The number of alkyl halides is 1. The zero-order valence-electron chi connectivity index (χ0n) is 9.69. The van der Waals surface area contributed by atoms with Crippen LogP contribution in [-0.4, -0.2) is 28.1 Å². The molecule has 3 nitrogen and oxygen atoms in total. The number of halogens is 1. The summed E-state index contributed by atoms with van der Waals surface area (Å²) in [7, 11) is 0. The Labute approximate surface area is 105 Å². The molecule has 1 atom stereocenters. The number of hydrogen-bond acceptors (Lipinski definition) is 3. The molecular formula is C12H18BrN3. The molecule has 0 aliphatic carbocycles. The highest BCUT2D eigenvalue weighted by molar-refractivity contribution is 9.09. The van der Waals surface area contributed by atoms with Crippen LogP contribution in [0.25, 0.3) is 0 Å². The molecule has 0 spiro atoms. The number of rotatable bonds is 3. The highest BCUT2D eigenvalue weighted by atomic mass is 79.9. The number of nitrogens with zero attached hydrogens (tertiary/aromatic N) is 3. The first-order valence-corrected chi connectivity index (χ1v) is 7.06. The molecule has 0 aromatic carbocycles. The second kappa shape index (κ2) is 5.62. The summed E-state index contributed by atoms with van der Waals surface area (Å²) < 4.78 is 0. The predicted molar refractivity (Wildman–Crippen MR) is 70.2 cm³/mol. The Bertz CT molecular complexity index is 324. The van der Waals surface area contributed by atoms with E-state index in [9.17, 15) is 0 Å². The third-order valence-electron chi connectivity index (χ3n) is 3.15. The number of aryl methyl sites for hydroxylation is 1. The van der Waals surface area contributed by atoms with Crippen LogP contribution in [0.15, 0.2) is 12.1 Å². The van der Waals surface area contributed by atoms with Gasteiger partial charge in [-0.05, 0) is 44.7 Å². The molecule has 0 amide bonds. The third-order valence-corrected chi connectivity index (χ3v) is 3.61. The Morgan fingerprint density at radius 3 is 2.94 bits per heavy atom. The van der Waals surface area contributed by atoms with Crippen LogP contribution in [0.2, 0.25) is 0 Å². The first-order valence-electron chi connectivity index (χ1n) is 5.94. The van der Waals surface area contributed by atoms with Gasteiger partial charge in [-0.2, -0.15) is 5.10 Å². The van der Waals surface area contributed by atoms with Gasteiger partial charge < -0.3 is 4.90 Å². The van der Waals surface area contributed by atoms with E-state index in [2.05, 4.69) is 37.1 Å². The summed E-state index contributed by atoms with van der Waals surface area (Å²) in [6.07, 6.45) is 5.08. The van der Waals surface area contributed by atoms with Gasteiger partial charge in [0.25, 0.3) is 0 Å². The average Bonchev–Trinajstić information content (AvgIpc) is 2.32. The molecule has 1 saturated heterocycles. The molecule has 4 heteroatoms. The van der Waals surface area contributed by atoms with Crippen molar-refractivity contribution in [3.63, 3.8) is 0 Å². The molecule has 1 aromatic heterocycles. The topological polar surface area (TPSA) is 29.0 Å². The second-order valence-electron chi connectivity index (χ2n) is 4.35. The molecule has 1 unspecified atom stereocenters. The van der Waals surface area contributed by atoms with Crippen molar-refractivity contribution in [2.24, 2.45) is 0 Å². The van der Waals surface area contributed by atoms with Crippen LogP contribution >= 0.6 is 15.9 Å². The Balaban J connectivity index is 2.13. The molecule has 0 saturated carbocycles. The average molecular weight is 284 g/mol. The van der Waals surface area contributed by atoms with Crippen LogP contribution in [0.5, 0.6) is 0 Å². The maximum Gasteiger partial charge on any atom is 0.151 e. The van der Waals surface area contributed by atoms with E-state index in [-0.39, 0.29) is 0 Å². The summed E-state index contributed by atoms with van der Waals surface area (Å²) in [5, 5.41) is 9.50. The molecule has 16 heavy (non-hydrogen) atoms. The van der Waals surface area contributed by atoms with E-state index in [1.165, 1.54) is 25.7 Å².